The van der Waals surface area contributed by atoms with E-state index in [2.05, 4.69) is 187 Å². The quantitative estimate of drug-likeness (QED) is 0.125. The lowest BCUT2D eigenvalue weighted by molar-refractivity contribution is 0.590. The van der Waals surface area contributed by atoms with Crippen molar-refractivity contribution in [1.29, 1.82) is 0 Å². The van der Waals surface area contributed by atoms with Crippen LogP contribution in [0.5, 0.6) is 0 Å². The fraction of sp³-hybridized carbons (Fsp3) is 0.255. The molecule has 0 amide bonds. The number of rotatable bonds is 8. The van der Waals surface area contributed by atoms with Crippen LogP contribution in [0.4, 0.5) is 11.4 Å². The molecule has 0 bridgehead atoms. The van der Waals surface area contributed by atoms with Gasteiger partial charge in [0.2, 0.25) is 7.28 Å². The van der Waals surface area contributed by atoms with Crippen molar-refractivity contribution in [3.63, 3.8) is 0 Å². The summed E-state index contributed by atoms with van der Waals surface area (Å²) in [4.78, 5) is 0. The van der Waals surface area contributed by atoms with E-state index in [4.69, 9.17) is 4.42 Å². The van der Waals surface area contributed by atoms with Crippen LogP contribution in [-0.4, -0.2) is 11.8 Å². The maximum absolute atomic E-state index is 6.80. The number of anilines is 2. The van der Waals surface area contributed by atoms with E-state index in [1.807, 2.05) is 0 Å². The average molecular weight is 718 g/mol. The Morgan fingerprint density at radius 1 is 0.655 bits per heavy atom. The molecule has 0 aliphatic carbocycles. The molecule has 6 aromatic carbocycles. The molecule has 273 valence electrons. The van der Waals surface area contributed by atoms with Crippen LogP contribution in [0.15, 0.2) is 126 Å². The predicted molar refractivity (Wildman–Crippen MR) is 237 cm³/mol. The molecule has 55 heavy (non-hydrogen) atoms. The van der Waals surface area contributed by atoms with Gasteiger partial charge in [-0.05, 0) is 105 Å². The van der Waals surface area contributed by atoms with Crippen molar-refractivity contribution in [2.24, 2.45) is 0 Å². The van der Waals surface area contributed by atoms with E-state index in [1.54, 1.807) is 0 Å². The fourth-order valence-corrected chi connectivity index (χ4v) is 8.51. The number of nitrogens with one attached hydrogen (secondary N) is 1. The number of para-hydroxylation sites is 2. The van der Waals surface area contributed by atoms with Crippen molar-refractivity contribution in [3.8, 4) is 27.9 Å². The zero-order valence-corrected chi connectivity index (χ0v) is 33.3. The van der Waals surface area contributed by atoms with Crippen molar-refractivity contribution in [2.45, 2.75) is 85.0 Å². The lowest BCUT2D eigenvalue weighted by atomic mass is 9.62. The molecule has 8 aromatic rings. The molecule has 2 aromatic heterocycles. The highest BCUT2D eigenvalue weighted by molar-refractivity contribution is 6.73. The summed E-state index contributed by atoms with van der Waals surface area (Å²) in [6.45, 7) is 15.9. The molecule has 3 nitrogen and oxygen atoms in total. The van der Waals surface area contributed by atoms with Crippen LogP contribution in [0.3, 0.4) is 0 Å². The summed E-state index contributed by atoms with van der Waals surface area (Å²) < 4.78 is 9.29. The SMILES string of the molecule is CCCCCc1ccc(Nc2ccccc2-c2cc(-c3ccc(C(C)(C)C)cc3)c3c4ccccc4n4c3c2[B]c2oc3ccc(C(C)(C)C)cc3c2-4)cc1. The summed E-state index contributed by atoms with van der Waals surface area (Å²) in [5.74, 6) is 0. The standard InChI is InChI=1S/C51H50BN2O/c1-8-9-10-15-32-20-27-36(28-21-32)53-42-18-13-11-16-37(42)40-31-39(33-22-24-34(25-23-33)50(2,3)4)45-38-17-12-14-19-43(38)54-47-41-30-35(51(5,6)7)26-29-44(41)55-49(47)52-46(40)48(45)54/h11-14,16-31,53H,8-10,15H2,1-7H3. The monoisotopic (exact) mass is 717 g/mol. The van der Waals surface area contributed by atoms with Crippen LogP contribution >= 0.6 is 0 Å². The molecule has 3 heterocycles. The van der Waals surface area contributed by atoms with Gasteiger partial charge < -0.3 is 14.3 Å². The van der Waals surface area contributed by atoms with Crippen LogP contribution in [0.25, 0.3) is 60.7 Å². The molecule has 0 atom stereocenters. The second-order valence-corrected chi connectivity index (χ2v) is 17.5. The molecular formula is C51H50BN2O. The maximum Gasteiger partial charge on any atom is 0.247 e. The van der Waals surface area contributed by atoms with Gasteiger partial charge in [-0.3, -0.25) is 0 Å². The van der Waals surface area contributed by atoms with Crippen molar-refractivity contribution in [1.82, 2.24) is 4.57 Å². The van der Waals surface area contributed by atoms with E-state index < -0.39 is 0 Å². The minimum absolute atomic E-state index is 0.00828. The molecule has 1 radical (unpaired) electrons. The highest BCUT2D eigenvalue weighted by Crippen LogP contribution is 2.44. The van der Waals surface area contributed by atoms with Gasteiger partial charge in [0.15, 0.2) is 0 Å². The molecule has 0 saturated heterocycles. The number of benzene rings is 6. The smallest absolute Gasteiger partial charge is 0.247 e. The zero-order valence-electron chi connectivity index (χ0n) is 33.3. The van der Waals surface area contributed by atoms with Crippen LogP contribution in [0.2, 0.25) is 0 Å². The average Bonchev–Trinajstić information content (AvgIpc) is 3.71. The topological polar surface area (TPSA) is 30.1 Å². The highest BCUT2D eigenvalue weighted by atomic mass is 16.3. The summed E-state index contributed by atoms with van der Waals surface area (Å²) in [5.41, 5.74) is 17.5. The summed E-state index contributed by atoms with van der Waals surface area (Å²) in [6.07, 6.45) is 4.86. The first-order chi connectivity index (χ1) is 26.5. The van der Waals surface area contributed by atoms with Crippen LogP contribution in [-0.2, 0) is 17.3 Å². The Morgan fingerprint density at radius 3 is 2.11 bits per heavy atom. The molecule has 1 aliphatic heterocycles. The third-order valence-electron chi connectivity index (χ3n) is 11.6. The molecule has 1 N–H and O–H groups in total. The molecule has 0 saturated carbocycles. The second-order valence-electron chi connectivity index (χ2n) is 17.5. The van der Waals surface area contributed by atoms with Crippen molar-refractivity contribution >= 4 is 62.6 Å². The number of hydrogen-bond donors (Lipinski definition) is 1. The molecule has 9 rings (SSSR count). The highest BCUT2D eigenvalue weighted by Gasteiger charge is 2.32. The molecule has 0 spiro atoms. The zero-order chi connectivity index (χ0) is 38.1. The third kappa shape index (κ3) is 6.17. The van der Waals surface area contributed by atoms with Gasteiger partial charge in [0, 0.05) is 38.6 Å². The minimum Gasteiger partial charge on any atom is -0.469 e. The Balaban J connectivity index is 1.30. The van der Waals surface area contributed by atoms with Crippen molar-refractivity contribution in [2.75, 3.05) is 5.32 Å². The van der Waals surface area contributed by atoms with Gasteiger partial charge in [-0.15, -0.1) is 0 Å². The van der Waals surface area contributed by atoms with Gasteiger partial charge in [-0.1, -0.05) is 140 Å². The lowest BCUT2D eigenvalue weighted by Crippen LogP contribution is -2.36. The number of aromatic nitrogens is 1. The molecular weight excluding hydrogens is 667 g/mol. The van der Waals surface area contributed by atoms with Crippen LogP contribution < -0.4 is 16.4 Å². The maximum atomic E-state index is 6.80. The summed E-state index contributed by atoms with van der Waals surface area (Å²) >= 11 is 0. The number of furan rings is 1. The fourth-order valence-electron chi connectivity index (χ4n) is 8.51. The first-order valence-corrected chi connectivity index (χ1v) is 20.1. The van der Waals surface area contributed by atoms with Crippen LogP contribution in [0, 0.1) is 0 Å². The molecule has 0 unspecified atom stereocenters. The summed E-state index contributed by atoms with van der Waals surface area (Å²) in [7, 11) is 2.30. The van der Waals surface area contributed by atoms with E-state index in [0.29, 0.717) is 0 Å². The molecule has 0 fully saturated rings. The Bertz CT molecular complexity index is 2720. The lowest BCUT2D eigenvalue weighted by Gasteiger charge is -2.23. The number of hydrogen-bond acceptors (Lipinski definition) is 2. The van der Waals surface area contributed by atoms with E-state index in [9.17, 15) is 0 Å². The Kier molecular flexibility index (Phi) is 8.57. The van der Waals surface area contributed by atoms with E-state index in [1.165, 1.54) is 79.9 Å². The third-order valence-corrected chi connectivity index (χ3v) is 11.6. The van der Waals surface area contributed by atoms with Crippen LogP contribution in [0.1, 0.15) is 84.4 Å². The van der Waals surface area contributed by atoms with Crippen molar-refractivity contribution in [3.05, 3.63) is 138 Å². The van der Waals surface area contributed by atoms with Gasteiger partial charge in [0.1, 0.15) is 5.58 Å². The van der Waals surface area contributed by atoms with Gasteiger partial charge >= 0.3 is 0 Å². The number of aryl methyl sites for hydroxylation is 1. The van der Waals surface area contributed by atoms with Gasteiger partial charge in [-0.2, -0.15) is 0 Å². The van der Waals surface area contributed by atoms with Gasteiger partial charge in [-0.25, -0.2) is 0 Å². The first kappa shape index (κ1) is 35.2. The number of fused-ring (bicyclic) bond motifs is 7. The molecule has 4 heteroatoms. The minimum atomic E-state index is 0.00828. The summed E-state index contributed by atoms with van der Waals surface area (Å²) in [5, 5.41) is 7.48. The first-order valence-electron chi connectivity index (χ1n) is 20.1. The van der Waals surface area contributed by atoms with E-state index >= 15 is 0 Å². The number of unbranched alkanes of at least 4 members (excludes halogenated alkanes) is 2. The predicted octanol–water partition coefficient (Wildman–Crippen LogP) is 12.9. The van der Waals surface area contributed by atoms with E-state index in [0.717, 1.165) is 45.7 Å². The second kappa shape index (κ2) is 13.4. The van der Waals surface area contributed by atoms with E-state index in [-0.39, 0.29) is 10.8 Å². The van der Waals surface area contributed by atoms with Gasteiger partial charge in [0.25, 0.3) is 0 Å². The van der Waals surface area contributed by atoms with Gasteiger partial charge in [0.05, 0.1) is 16.9 Å². The largest absolute Gasteiger partial charge is 0.469 e. The Hall–Kier alpha value is -5.48. The summed E-state index contributed by atoms with van der Waals surface area (Å²) in [6, 6.07) is 45.1. The Labute approximate surface area is 326 Å². The Morgan fingerprint density at radius 2 is 1.36 bits per heavy atom. The molecule has 1 aliphatic rings. The normalized spacial score (nSPS) is 12.7. The number of nitrogens with zero attached hydrogens (tertiary/aromatic N) is 1. The van der Waals surface area contributed by atoms with Crippen molar-refractivity contribution < 1.29 is 4.42 Å².